The Bertz CT molecular complexity index is 243. The molecule has 18 heavy (non-hydrogen) atoms. The van der Waals surface area contributed by atoms with Gasteiger partial charge in [-0.25, -0.2) is 0 Å². The van der Waals surface area contributed by atoms with Gasteiger partial charge in [0, 0.05) is 24.7 Å². The molecule has 1 heterocycles. The van der Waals surface area contributed by atoms with E-state index in [-0.39, 0.29) is 0 Å². The summed E-state index contributed by atoms with van der Waals surface area (Å²) < 4.78 is 0. The molecule has 0 amide bonds. The highest BCUT2D eigenvalue weighted by Crippen LogP contribution is 2.27. The van der Waals surface area contributed by atoms with Gasteiger partial charge in [-0.15, -0.1) is 0 Å². The highest BCUT2D eigenvalue weighted by molar-refractivity contribution is 4.91. The van der Waals surface area contributed by atoms with Crippen molar-refractivity contribution in [1.29, 1.82) is 0 Å². The third kappa shape index (κ3) is 3.96. The van der Waals surface area contributed by atoms with Crippen molar-refractivity contribution < 1.29 is 0 Å². The van der Waals surface area contributed by atoms with Gasteiger partial charge in [0.05, 0.1) is 0 Å². The number of nitrogens with zero attached hydrogens (tertiary/aromatic N) is 1. The predicted molar refractivity (Wildman–Crippen MR) is 78.9 cm³/mol. The highest BCUT2D eigenvalue weighted by Gasteiger charge is 2.31. The number of nitrogens with one attached hydrogen (secondary N) is 1. The standard InChI is InChI=1S/C16H32N2/c1-4-15-12-17-16(2,3)13-18(15)11-10-14-8-6-5-7-9-14/h14-15,17H,4-13H2,1-3H3. The fraction of sp³-hybridized carbons (Fsp3) is 1.00. The van der Waals surface area contributed by atoms with Gasteiger partial charge in [-0.3, -0.25) is 4.90 Å². The van der Waals surface area contributed by atoms with E-state index < -0.39 is 0 Å². The average Bonchev–Trinajstić information content (AvgIpc) is 2.37. The van der Waals surface area contributed by atoms with E-state index in [9.17, 15) is 0 Å². The summed E-state index contributed by atoms with van der Waals surface area (Å²) >= 11 is 0. The fourth-order valence-electron chi connectivity index (χ4n) is 3.70. The van der Waals surface area contributed by atoms with E-state index >= 15 is 0 Å². The molecule has 1 aliphatic carbocycles. The minimum Gasteiger partial charge on any atom is -0.309 e. The maximum atomic E-state index is 3.69. The van der Waals surface area contributed by atoms with Gasteiger partial charge in [0.15, 0.2) is 0 Å². The van der Waals surface area contributed by atoms with Crippen LogP contribution in [-0.4, -0.2) is 36.1 Å². The van der Waals surface area contributed by atoms with E-state index in [0.717, 1.165) is 12.0 Å². The van der Waals surface area contributed by atoms with Crippen molar-refractivity contribution >= 4 is 0 Å². The van der Waals surface area contributed by atoms with Crippen molar-refractivity contribution in [2.75, 3.05) is 19.6 Å². The molecule has 1 unspecified atom stereocenters. The molecule has 0 bridgehead atoms. The maximum absolute atomic E-state index is 3.69. The Labute approximate surface area is 114 Å². The van der Waals surface area contributed by atoms with Gasteiger partial charge in [0.2, 0.25) is 0 Å². The summed E-state index contributed by atoms with van der Waals surface area (Å²) in [6.45, 7) is 10.7. The monoisotopic (exact) mass is 252 g/mol. The van der Waals surface area contributed by atoms with Crippen LogP contribution in [0.3, 0.4) is 0 Å². The summed E-state index contributed by atoms with van der Waals surface area (Å²) in [5.74, 6) is 1.02. The summed E-state index contributed by atoms with van der Waals surface area (Å²) in [6, 6.07) is 0.765. The second-order valence-corrected chi connectivity index (χ2v) is 7.09. The minimum absolute atomic E-state index is 0.304. The zero-order chi connectivity index (χ0) is 13.0. The van der Waals surface area contributed by atoms with Gasteiger partial charge >= 0.3 is 0 Å². The van der Waals surface area contributed by atoms with Crippen LogP contribution in [-0.2, 0) is 0 Å². The number of hydrogen-bond donors (Lipinski definition) is 1. The van der Waals surface area contributed by atoms with Crippen LogP contribution in [0.5, 0.6) is 0 Å². The van der Waals surface area contributed by atoms with Gasteiger partial charge in [0.1, 0.15) is 0 Å². The molecule has 1 aliphatic heterocycles. The topological polar surface area (TPSA) is 15.3 Å². The lowest BCUT2D eigenvalue weighted by Crippen LogP contribution is -2.61. The molecule has 2 rings (SSSR count). The first-order chi connectivity index (χ1) is 8.61. The summed E-state index contributed by atoms with van der Waals surface area (Å²) in [6.07, 6.45) is 10.2. The number of hydrogen-bond acceptors (Lipinski definition) is 2. The summed E-state index contributed by atoms with van der Waals surface area (Å²) in [5.41, 5.74) is 0.304. The molecule has 1 saturated heterocycles. The van der Waals surface area contributed by atoms with Crippen LogP contribution in [0.25, 0.3) is 0 Å². The second-order valence-electron chi connectivity index (χ2n) is 7.09. The van der Waals surface area contributed by atoms with Crippen molar-refractivity contribution in [3.05, 3.63) is 0 Å². The van der Waals surface area contributed by atoms with Gasteiger partial charge in [-0.2, -0.15) is 0 Å². The summed E-state index contributed by atoms with van der Waals surface area (Å²) in [5, 5.41) is 3.69. The highest BCUT2D eigenvalue weighted by atomic mass is 15.2. The first kappa shape index (κ1) is 14.3. The molecule has 2 fully saturated rings. The zero-order valence-electron chi connectivity index (χ0n) is 12.7. The van der Waals surface area contributed by atoms with E-state index in [1.54, 1.807) is 0 Å². The maximum Gasteiger partial charge on any atom is 0.0252 e. The Kier molecular flexibility index (Phi) is 5.08. The lowest BCUT2D eigenvalue weighted by atomic mass is 9.86. The lowest BCUT2D eigenvalue weighted by molar-refractivity contribution is 0.0842. The summed E-state index contributed by atoms with van der Waals surface area (Å²) in [4.78, 5) is 2.76. The van der Waals surface area contributed by atoms with Crippen LogP contribution in [0, 0.1) is 5.92 Å². The largest absolute Gasteiger partial charge is 0.309 e. The van der Waals surface area contributed by atoms with E-state index in [0.29, 0.717) is 5.54 Å². The fourth-order valence-corrected chi connectivity index (χ4v) is 3.70. The molecule has 1 saturated carbocycles. The first-order valence-corrected chi connectivity index (χ1v) is 8.10. The molecule has 2 nitrogen and oxygen atoms in total. The van der Waals surface area contributed by atoms with Crippen LogP contribution in [0.2, 0.25) is 0 Å². The Balaban J connectivity index is 1.80. The predicted octanol–water partition coefficient (Wildman–Crippen LogP) is 3.42. The molecule has 106 valence electrons. The van der Waals surface area contributed by atoms with Crippen molar-refractivity contribution in [1.82, 2.24) is 10.2 Å². The third-order valence-electron chi connectivity index (χ3n) is 4.95. The minimum atomic E-state index is 0.304. The molecule has 2 heteroatoms. The Morgan fingerprint density at radius 1 is 1.17 bits per heavy atom. The SMILES string of the molecule is CCC1CNC(C)(C)CN1CCC1CCCCC1. The molecule has 1 N–H and O–H groups in total. The van der Waals surface area contributed by atoms with Crippen LogP contribution in [0.4, 0.5) is 0 Å². The van der Waals surface area contributed by atoms with E-state index in [2.05, 4.69) is 31.0 Å². The average molecular weight is 252 g/mol. The smallest absolute Gasteiger partial charge is 0.0252 e. The summed E-state index contributed by atoms with van der Waals surface area (Å²) in [7, 11) is 0. The first-order valence-electron chi connectivity index (χ1n) is 8.10. The second kappa shape index (κ2) is 6.38. The van der Waals surface area contributed by atoms with Crippen LogP contribution in [0.1, 0.15) is 65.7 Å². The van der Waals surface area contributed by atoms with Crippen LogP contribution in [0.15, 0.2) is 0 Å². The van der Waals surface area contributed by atoms with Gasteiger partial charge in [0.25, 0.3) is 0 Å². The number of rotatable bonds is 4. The molecular formula is C16H32N2. The third-order valence-corrected chi connectivity index (χ3v) is 4.95. The van der Waals surface area contributed by atoms with Crippen molar-refractivity contribution in [3.8, 4) is 0 Å². The quantitative estimate of drug-likeness (QED) is 0.825. The number of piperazine rings is 1. The molecule has 2 aliphatic rings. The Morgan fingerprint density at radius 3 is 2.56 bits per heavy atom. The van der Waals surface area contributed by atoms with E-state index in [1.807, 2.05) is 0 Å². The Hall–Kier alpha value is -0.0800. The van der Waals surface area contributed by atoms with Crippen molar-refractivity contribution in [2.24, 2.45) is 5.92 Å². The van der Waals surface area contributed by atoms with E-state index in [4.69, 9.17) is 0 Å². The Morgan fingerprint density at radius 2 is 1.89 bits per heavy atom. The normalized spacial score (nSPS) is 30.5. The molecule has 0 aromatic carbocycles. The van der Waals surface area contributed by atoms with Gasteiger partial charge in [-0.1, -0.05) is 39.0 Å². The molecule has 1 atom stereocenters. The molecule has 0 aromatic rings. The van der Waals surface area contributed by atoms with Crippen LogP contribution < -0.4 is 5.32 Å². The molecule has 0 spiro atoms. The molecular weight excluding hydrogens is 220 g/mol. The van der Waals surface area contributed by atoms with Gasteiger partial charge < -0.3 is 5.32 Å². The van der Waals surface area contributed by atoms with E-state index in [1.165, 1.54) is 64.6 Å². The lowest BCUT2D eigenvalue weighted by Gasteiger charge is -2.45. The molecule has 0 aromatic heterocycles. The van der Waals surface area contributed by atoms with Crippen LogP contribution >= 0.6 is 0 Å². The zero-order valence-corrected chi connectivity index (χ0v) is 12.7. The van der Waals surface area contributed by atoms with Crippen molar-refractivity contribution in [2.45, 2.75) is 77.3 Å². The van der Waals surface area contributed by atoms with Crippen molar-refractivity contribution in [3.63, 3.8) is 0 Å². The molecule has 0 radical (unpaired) electrons. The van der Waals surface area contributed by atoms with Gasteiger partial charge in [-0.05, 0) is 39.2 Å².